The Balaban J connectivity index is 2.54. The van der Waals surface area contributed by atoms with Gasteiger partial charge in [-0.15, -0.1) is 0 Å². The van der Waals surface area contributed by atoms with Crippen LogP contribution in [0.4, 0.5) is 0 Å². The Bertz CT molecular complexity index is 572. The predicted molar refractivity (Wildman–Crippen MR) is 78.0 cm³/mol. The van der Waals surface area contributed by atoms with Gasteiger partial charge in [0.15, 0.2) is 0 Å². The van der Waals surface area contributed by atoms with Gasteiger partial charge in [0.2, 0.25) is 0 Å². The fraction of sp³-hybridized carbons (Fsp3) is 0.294. The summed E-state index contributed by atoms with van der Waals surface area (Å²) in [5.41, 5.74) is 6.44. The first-order chi connectivity index (χ1) is 8.91. The van der Waals surface area contributed by atoms with Crippen molar-refractivity contribution in [3.8, 4) is 11.5 Å². The molecule has 0 fully saturated rings. The fourth-order valence-corrected chi connectivity index (χ4v) is 2.48. The molecule has 0 aliphatic rings. The van der Waals surface area contributed by atoms with E-state index in [9.17, 15) is 10.2 Å². The van der Waals surface area contributed by atoms with E-state index in [0.29, 0.717) is 11.5 Å². The first-order valence-electron chi connectivity index (χ1n) is 6.48. The van der Waals surface area contributed by atoms with Crippen molar-refractivity contribution in [1.29, 1.82) is 0 Å². The van der Waals surface area contributed by atoms with Crippen LogP contribution in [0.1, 0.15) is 33.4 Å². The molecule has 0 spiro atoms. The summed E-state index contributed by atoms with van der Waals surface area (Å²) in [5.74, 6) is 0.659. The van der Waals surface area contributed by atoms with E-state index < -0.39 is 0 Å². The molecule has 0 unspecified atom stereocenters. The Hall–Kier alpha value is -1.96. The normalized spacial score (nSPS) is 10.7. The summed E-state index contributed by atoms with van der Waals surface area (Å²) in [6, 6.07) is 7.34. The highest BCUT2D eigenvalue weighted by molar-refractivity contribution is 5.50. The zero-order chi connectivity index (χ0) is 14.2. The molecule has 19 heavy (non-hydrogen) atoms. The van der Waals surface area contributed by atoms with E-state index in [-0.39, 0.29) is 0 Å². The van der Waals surface area contributed by atoms with E-state index in [4.69, 9.17) is 0 Å². The van der Waals surface area contributed by atoms with Crippen molar-refractivity contribution < 1.29 is 10.2 Å². The molecule has 0 amide bonds. The van der Waals surface area contributed by atoms with Gasteiger partial charge in [-0.3, -0.25) is 0 Å². The number of aryl methyl sites for hydroxylation is 2. The Morgan fingerprint density at radius 1 is 0.684 bits per heavy atom. The number of benzene rings is 2. The molecule has 0 radical (unpaired) electrons. The lowest BCUT2D eigenvalue weighted by atomic mass is 9.91. The maximum absolute atomic E-state index is 9.85. The second-order valence-electron chi connectivity index (χ2n) is 5.19. The summed E-state index contributed by atoms with van der Waals surface area (Å²) in [6.07, 6.45) is 0.734. The predicted octanol–water partition coefficient (Wildman–Crippen LogP) is 3.92. The molecule has 100 valence electrons. The highest BCUT2D eigenvalue weighted by Crippen LogP contribution is 2.30. The maximum Gasteiger partial charge on any atom is 0.118 e. The van der Waals surface area contributed by atoms with Crippen LogP contribution in [-0.4, -0.2) is 10.2 Å². The first-order valence-corrected chi connectivity index (χ1v) is 6.48. The van der Waals surface area contributed by atoms with Crippen molar-refractivity contribution in [2.45, 2.75) is 34.1 Å². The van der Waals surface area contributed by atoms with E-state index in [2.05, 4.69) is 13.8 Å². The van der Waals surface area contributed by atoms with E-state index >= 15 is 0 Å². The van der Waals surface area contributed by atoms with Gasteiger partial charge >= 0.3 is 0 Å². The van der Waals surface area contributed by atoms with Gasteiger partial charge in [0, 0.05) is 0 Å². The Morgan fingerprint density at radius 3 is 1.42 bits per heavy atom. The van der Waals surface area contributed by atoms with Gasteiger partial charge in [0.1, 0.15) is 11.5 Å². The fourth-order valence-electron chi connectivity index (χ4n) is 2.48. The highest BCUT2D eigenvalue weighted by atomic mass is 16.3. The zero-order valence-corrected chi connectivity index (χ0v) is 11.9. The molecule has 0 saturated heterocycles. The van der Waals surface area contributed by atoms with Crippen molar-refractivity contribution in [3.05, 3.63) is 57.6 Å². The summed E-state index contributed by atoms with van der Waals surface area (Å²) in [6.45, 7) is 7.97. The number of phenols is 2. The number of phenolic OH excluding ortho intramolecular Hbond substituents is 2. The van der Waals surface area contributed by atoms with Gasteiger partial charge in [-0.25, -0.2) is 0 Å². The summed E-state index contributed by atoms with van der Waals surface area (Å²) in [5, 5.41) is 19.7. The van der Waals surface area contributed by atoms with Crippen LogP contribution in [0.25, 0.3) is 0 Å². The lowest BCUT2D eigenvalue weighted by Gasteiger charge is -2.15. The third-order valence-corrected chi connectivity index (χ3v) is 3.96. The largest absolute Gasteiger partial charge is 0.508 e. The number of rotatable bonds is 2. The van der Waals surface area contributed by atoms with Gasteiger partial charge in [0.05, 0.1) is 0 Å². The zero-order valence-electron chi connectivity index (χ0n) is 11.9. The molecule has 2 nitrogen and oxygen atoms in total. The Morgan fingerprint density at radius 2 is 1.05 bits per heavy atom. The Kier molecular flexibility index (Phi) is 3.52. The van der Waals surface area contributed by atoms with Crippen LogP contribution in [-0.2, 0) is 6.42 Å². The minimum atomic E-state index is 0.330. The first kappa shape index (κ1) is 13.5. The average Bonchev–Trinajstić information content (AvgIpc) is 2.38. The van der Waals surface area contributed by atoms with Crippen molar-refractivity contribution in [1.82, 2.24) is 0 Å². The van der Waals surface area contributed by atoms with E-state index in [1.165, 1.54) is 0 Å². The number of hydrogen-bond donors (Lipinski definition) is 2. The molecule has 0 atom stereocenters. The smallest absolute Gasteiger partial charge is 0.118 e. The van der Waals surface area contributed by atoms with Crippen LogP contribution in [0, 0.1) is 27.7 Å². The molecule has 0 aliphatic heterocycles. The molecular formula is C17H20O2. The lowest BCUT2D eigenvalue weighted by molar-refractivity contribution is 0.469. The van der Waals surface area contributed by atoms with Crippen LogP contribution in [0.15, 0.2) is 24.3 Å². The van der Waals surface area contributed by atoms with Gasteiger partial charge in [0.25, 0.3) is 0 Å². The molecule has 2 heteroatoms. The highest BCUT2D eigenvalue weighted by Gasteiger charge is 2.12. The van der Waals surface area contributed by atoms with Gasteiger partial charge < -0.3 is 10.2 Å². The van der Waals surface area contributed by atoms with E-state index in [1.807, 2.05) is 26.0 Å². The van der Waals surface area contributed by atoms with Crippen molar-refractivity contribution >= 4 is 0 Å². The van der Waals surface area contributed by atoms with Crippen molar-refractivity contribution in [3.63, 3.8) is 0 Å². The molecule has 0 aliphatic carbocycles. The molecule has 0 saturated carbocycles. The monoisotopic (exact) mass is 256 g/mol. The standard InChI is InChI=1S/C17H20O2/c1-10-5-7-16(18)12(3)14(10)9-15-11(2)6-8-17(19)13(15)4/h5-8,18-19H,9H2,1-4H3. The second kappa shape index (κ2) is 4.96. The minimum Gasteiger partial charge on any atom is -0.508 e. The third-order valence-electron chi connectivity index (χ3n) is 3.96. The summed E-state index contributed by atoms with van der Waals surface area (Å²) in [4.78, 5) is 0. The molecule has 0 bridgehead atoms. The van der Waals surface area contributed by atoms with Crippen LogP contribution < -0.4 is 0 Å². The SMILES string of the molecule is Cc1ccc(O)c(C)c1Cc1c(C)ccc(O)c1C. The van der Waals surface area contributed by atoms with Gasteiger partial charge in [-0.1, -0.05) is 12.1 Å². The van der Waals surface area contributed by atoms with E-state index in [1.54, 1.807) is 12.1 Å². The minimum absolute atomic E-state index is 0.330. The molecule has 2 N–H and O–H groups in total. The molecule has 2 aromatic rings. The summed E-state index contributed by atoms with van der Waals surface area (Å²) < 4.78 is 0. The van der Waals surface area contributed by atoms with Crippen LogP contribution >= 0.6 is 0 Å². The molecule has 0 aromatic heterocycles. The number of aromatic hydroxyl groups is 2. The van der Waals surface area contributed by atoms with Crippen LogP contribution in [0.3, 0.4) is 0 Å². The average molecular weight is 256 g/mol. The lowest BCUT2D eigenvalue weighted by Crippen LogP contribution is -2.00. The third kappa shape index (κ3) is 2.43. The summed E-state index contributed by atoms with van der Waals surface area (Å²) in [7, 11) is 0. The van der Waals surface area contributed by atoms with Gasteiger partial charge in [-0.05, 0) is 79.6 Å². The quantitative estimate of drug-likeness (QED) is 0.855. The molecule has 2 aromatic carbocycles. The topological polar surface area (TPSA) is 40.5 Å². The second-order valence-corrected chi connectivity index (χ2v) is 5.19. The Labute approximate surface area is 114 Å². The molecule has 0 heterocycles. The molecule has 2 rings (SSSR count). The van der Waals surface area contributed by atoms with Crippen molar-refractivity contribution in [2.24, 2.45) is 0 Å². The van der Waals surface area contributed by atoms with Gasteiger partial charge in [-0.2, -0.15) is 0 Å². The molecular weight excluding hydrogens is 236 g/mol. The maximum atomic E-state index is 9.85. The van der Waals surface area contributed by atoms with Crippen molar-refractivity contribution in [2.75, 3.05) is 0 Å². The summed E-state index contributed by atoms with van der Waals surface area (Å²) >= 11 is 0. The van der Waals surface area contributed by atoms with Crippen LogP contribution in [0.5, 0.6) is 11.5 Å². The van der Waals surface area contributed by atoms with Crippen LogP contribution in [0.2, 0.25) is 0 Å². The van der Waals surface area contributed by atoms with E-state index in [0.717, 1.165) is 39.8 Å². The number of hydrogen-bond acceptors (Lipinski definition) is 2.